The van der Waals surface area contributed by atoms with Gasteiger partial charge in [0.2, 0.25) is 11.8 Å². The Morgan fingerprint density at radius 1 is 1.33 bits per heavy atom. The molecule has 5 heteroatoms. The Hall–Kier alpha value is -2.04. The normalized spacial score (nSPS) is 22.4. The number of nitrogens with one attached hydrogen (secondary N) is 1. The highest BCUT2D eigenvalue weighted by Crippen LogP contribution is 2.26. The summed E-state index contributed by atoms with van der Waals surface area (Å²) in [5.41, 5.74) is 0.690. The summed E-state index contributed by atoms with van der Waals surface area (Å²) in [6, 6.07) is 6.25. The summed E-state index contributed by atoms with van der Waals surface area (Å²) in [7, 11) is 1.58. The van der Waals surface area contributed by atoms with Gasteiger partial charge >= 0.3 is 0 Å². The molecule has 2 amide bonds. The first kappa shape index (κ1) is 15.4. The molecule has 1 fully saturated rings. The highest BCUT2D eigenvalue weighted by molar-refractivity contribution is 6.08. The molecule has 0 aliphatic carbocycles. The van der Waals surface area contributed by atoms with E-state index in [-0.39, 0.29) is 11.8 Å². The number of ether oxygens (including phenoxy) is 1. The Balaban J connectivity index is 2.33. The van der Waals surface area contributed by atoms with Crippen molar-refractivity contribution in [1.29, 1.82) is 0 Å². The number of piperazine rings is 1. The van der Waals surface area contributed by atoms with Gasteiger partial charge < -0.3 is 10.1 Å². The van der Waals surface area contributed by atoms with Crippen LogP contribution in [-0.2, 0) is 9.59 Å². The van der Waals surface area contributed by atoms with Gasteiger partial charge in [0.1, 0.15) is 17.8 Å². The minimum atomic E-state index is -0.520. The SMILES string of the molecule is COc1cccc(N2C(=O)C(CC(C)C)NC(=O)C2C)c1. The van der Waals surface area contributed by atoms with Crippen LogP contribution in [0.25, 0.3) is 0 Å². The maximum atomic E-state index is 12.7. The van der Waals surface area contributed by atoms with Crippen LogP contribution in [0.3, 0.4) is 0 Å². The highest BCUT2D eigenvalue weighted by Gasteiger charge is 2.39. The summed E-state index contributed by atoms with van der Waals surface area (Å²) in [6.07, 6.45) is 0.637. The molecule has 1 aromatic rings. The summed E-state index contributed by atoms with van der Waals surface area (Å²) in [6.45, 7) is 5.80. The lowest BCUT2D eigenvalue weighted by molar-refractivity contribution is -0.133. The average Bonchev–Trinajstić information content (AvgIpc) is 2.45. The van der Waals surface area contributed by atoms with E-state index in [1.807, 2.05) is 32.0 Å². The van der Waals surface area contributed by atoms with Crippen LogP contribution in [0.4, 0.5) is 5.69 Å². The van der Waals surface area contributed by atoms with E-state index in [9.17, 15) is 9.59 Å². The number of hydrogen-bond donors (Lipinski definition) is 1. The zero-order valence-electron chi connectivity index (χ0n) is 12.9. The van der Waals surface area contributed by atoms with Gasteiger partial charge in [-0.15, -0.1) is 0 Å². The van der Waals surface area contributed by atoms with Crippen LogP contribution >= 0.6 is 0 Å². The molecule has 0 spiro atoms. The lowest BCUT2D eigenvalue weighted by Gasteiger charge is -2.38. The molecule has 1 aliphatic heterocycles. The molecule has 114 valence electrons. The topological polar surface area (TPSA) is 58.6 Å². The van der Waals surface area contributed by atoms with Crippen LogP contribution in [0.1, 0.15) is 27.2 Å². The Bertz CT molecular complexity index is 542. The number of methoxy groups -OCH3 is 1. The first-order valence-electron chi connectivity index (χ1n) is 7.21. The molecule has 1 aliphatic rings. The fourth-order valence-corrected chi connectivity index (χ4v) is 2.57. The van der Waals surface area contributed by atoms with E-state index in [0.29, 0.717) is 23.8 Å². The summed E-state index contributed by atoms with van der Waals surface area (Å²) in [4.78, 5) is 26.4. The van der Waals surface area contributed by atoms with Crippen molar-refractivity contribution in [3.63, 3.8) is 0 Å². The Kier molecular flexibility index (Phi) is 4.50. The third-order valence-corrected chi connectivity index (χ3v) is 3.66. The highest BCUT2D eigenvalue weighted by atomic mass is 16.5. The van der Waals surface area contributed by atoms with E-state index in [2.05, 4.69) is 5.32 Å². The molecule has 1 heterocycles. The van der Waals surface area contributed by atoms with Gasteiger partial charge in [-0.3, -0.25) is 14.5 Å². The number of rotatable bonds is 4. The van der Waals surface area contributed by atoms with Gasteiger partial charge in [0.15, 0.2) is 0 Å². The molecular weight excluding hydrogens is 268 g/mol. The zero-order chi connectivity index (χ0) is 15.6. The van der Waals surface area contributed by atoms with Crippen LogP contribution in [0.15, 0.2) is 24.3 Å². The summed E-state index contributed by atoms with van der Waals surface area (Å²) < 4.78 is 5.20. The van der Waals surface area contributed by atoms with Gasteiger partial charge in [0.25, 0.3) is 0 Å². The second kappa shape index (κ2) is 6.16. The molecule has 0 radical (unpaired) electrons. The lowest BCUT2D eigenvalue weighted by atomic mass is 9.98. The fourth-order valence-electron chi connectivity index (χ4n) is 2.57. The molecule has 1 N–H and O–H groups in total. The molecule has 2 rings (SSSR count). The summed E-state index contributed by atoms with van der Waals surface area (Å²) in [5, 5.41) is 2.81. The first-order valence-corrected chi connectivity index (χ1v) is 7.21. The zero-order valence-corrected chi connectivity index (χ0v) is 12.9. The van der Waals surface area contributed by atoms with Gasteiger partial charge in [-0.1, -0.05) is 19.9 Å². The molecule has 2 atom stereocenters. The van der Waals surface area contributed by atoms with Crippen molar-refractivity contribution in [3.05, 3.63) is 24.3 Å². The average molecular weight is 290 g/mol. The van der Waals surface area contributed by atoms with Crippen LogP contribution in [0.5, 0.6) is 5.75 Å². The Morgan fingerprint density at radius 2 is 2.05 bits per heavy atom. The van der Waals surface area contributed by atoms with E-state index < -0.39 is 12.1 Å². The van der Waals surface area contributed by atoms with Crippen molar-refractivity contribution >= 4 is 17.5 Å². The molecule has 0 aromatic heterocycles. The van der Waals surface area contributed by atoms with Crippen molar-refractivity contribution in [1.82, 2.24) is 5.32 Å². The third-order valence-electron chi connectivity index (χ3n) is 3.66. The van der Waals surface area contributed by atoms with Gasteiger partial charge in [0, 0.05) is 11.8 Å². The largest absolute Gasteiger partial charge is 0.497 e. The minimum Gasteiger partial charge on any atom is -0.497 e. The predicted molar refractivity (Wildman–Crippen MR) is 81.3 cm³/mol. The number of anilines is 1. The van der Waals surface area contributed by atoms with Gasteiger partial charge in [0.05, 0.1) is 7.11 Å². The van der Waals surface area contributed by atoms with Crippen molar-refractivity contribution in [2.24, 2.45) is 5.92 Å². The maximum absolute atomic E-state index is 12.7. The number of carbonyl (C=O) groups is 2. The summed E-state index contributed by atoms with van der Waals surface area (Å²) in [5.74, 6) is 0.811. The van der Waals surface area contributed by atoms with Crippen LogP contribution in [0, 0.1) is 5.92 Å². The van der Waals surface area contributed by atoms with Gasteiger partial charge in [-0.25, -0.2) is 0 Å². The monoisotopic (exact) mass is 290 g/mol. The predicted octanol–water partition coefficient (Wildman–Crippen LogP) is 1.96. The molecular formula is C16H22N2O3. The van der Waals surface area contributed by atoms with Gasteiger partial charge in [-0.2, -0.15) is 0 Å². The first-order chi connectivity index (χ1) is 9.93. The molecule has 1 saturated heterocycles. The molecule has 0 bridgehead atoms. The summed E-state index contributed by atoms with van der Waals surface area (Å²) >= 11 is 0. The standard InChI is InChI=1S/C16H22N2O3/c1-10(2)8-14-16(20)18(11(3)15(19)17-14)12-6-5-7-13(9-12)21-4/h5-7,9-11,14H,8H2,1-4H3,(H,17,19). The fraction of sp³-hybridized carbons (Fsp3) is 0.500. The molecule has 1 aromatic carbocycles. The minimum absolute atomic E-state index is 0.0657. The second-order valence-corrected chi connectivity index (χ2v) is 5.78. The maximum Gasteiger partial charge on any atom is 0.250 e. The smallest absolute Gasteiger partial charge is 0.250 e. The number of nitrogens with zero attached hydrogens (tertiary/aromatic N) is 1. The van der Waals surface area contributed by atoms with Crippen LogP contribution in [-0.4, -0.2) is 31.0 Å². The number of benzene rings is 1. The molecule has 21 heavy (non-hydrogen) atoms. The Labute approximate surface area is 125 Å². The van der Waals surface area contributed by atoms with Crippen molar-refractivity contribution in [3.8, 4) is 5.75 Å². The lowest BCUT2D eigenvalue weighted by Crippen LogP contribution is -2.63. The van der Waals surface area contributed by atoms with E-state index >= 15 is 0 Å². The number of amides is 2. The van der Waals surface area contributed by atoms with Crippen LogP contribution < -0.4 is 15.0 Å². The number of carbonyl (C=O) groups excluding carboxylic acids is 2. The van der Waals surface area contributed by atoms with Crippen molar-refractivity contribution in [2.75, 3.05) is 12.0 Å². The van der Waals surface area contributed by atoms with Crippen molar-refractivity contribution in [2.45, 2.75) is 39.3 Å². The van der Waals surface area contributed by atoms with Crippen LogP contribution in [0.2, 0.25) is 0 Å². The van der Waals surface area contributed by atoms with E-state index in [0.717, 1.165) is 0 Å². The number of hydrogen-bond acceptors (Lipinski definition) is 3. The third kappa shape index (κ3) is 3.17. The van der Waals surface area contributed by atoms with E-state index in [1.54, 1.807) is 25.0 Å². The van der Waals surface area contributed by atoms with Gasteiger partial charge in [-0.05, 0) is 31.4 Å². The molecule has 2 unspecified atom stereocenters. The van der Waals surface area contributed by atoms with E-state index in [1.165, 1.54) is 0 Å². The molecule has 5 nitrogen and oxygen atoms in total. The van der Waals surface area contributed by atoms with Crippen molar-refractivity contribution < 1.29 is 14.3 Å². The van der Waals surface area contributed by atoms with E-state index in [4.69, 9.17) is 4.74 Å². The quantitative estimate of drug-likeness (QED) is 0.922. The molecule has 0 saturated carbocycles. The Morgan fingerprint density at radius 3 is 2.67 bits per heavy atom. The second-order valence-electron chi connectivity index (χ2n) is 5.78.